The Morgan fingerprint density at radius 2 is 1.00 bits per heavy atom. The zero-order chi connectivity index (χ0) is 50.5. The van der Waals surface area contributed by atoms with Crippen molar-refractivity contribution in [3.63, 3.8) is 0 Å². The van der Waals surface area contributed by atoms with Crippen LogP contribution < -0.4 is 14.2 Å². The van der Waals surface area contributed by atoms with E-state index in [1.807, 2.05) is 0 Å². The number of benzene rings is 4. The van der Waals surface area contributed by atoms with Gasteiger partial charge in [-0.3, -0.25) is 0 Å². The molecule has 0 atom stereocenters. The maximum absolute atomic E-state index is 16.5. The quantitative estimate of drug-likeness (QED) is 0.129. The smallest absolute Gasteiger partial charge is 0.359 e. The Kier molecular flexibility index (Phi) is 13.6. The highest BCUT2D eigenvalue weighted by Gasteiger charge is 2.26. The molecule has 72 heavy (non-hydrogen) atoms. The number of aromatic nitrogens is 6. The minimum atomic E-state index is -0.797. The highest BCUT2D eigenvalue weighted by molar-refractivity contribution is 6.33. The number of halogens is 5. The van der Waals surface area contributed by atoms with Crippen molar-refractivity contribution in [1.82, 2.24) is 29.9 Å². The zero-order valence-corrected chi connectivity index (χ0v) is 39.1. The molecule has 17 heteroatoms. The van der Waals surface area contributed by atoms with Crippen LogP contribution in [0.1, 0.15) is 22.3 Å². The van der Waals surface area contributed by atoms with Crippen molar-refractivity contribution in [2.45, 2.75) is 6.92 Å². The molecule has 0 amide bonds. The van der Waals surface area contributed by atoms with Crippen LogP contribution in [0, 0.1) is 53.7 Å². The standard InChI is InChI=1S/C55H34ClF4N9O3/c1-30-20-38(27-66-51(30)48-24-39(31-6-12-34(57)13-7-31)42(26-61)53(68-48)70-2)65-29-44-40(32-8-14-35(58)15-9-32)23-47(67-54(44)71-3)50-45(56)21-37(22-46(50)60)64-28-43-41(33-10-16-36(59)17-11-33)25-49(69-55(43)72-4)52-62-18-5-19-63-52/h5-25,27H,1-4H3/q+2. The lowest BCUT2D eigenvalue weighted by molar-refractivity contribution is 0.397. The average Bonchev–Trinajstić information content (AvgIpc) is 3.39. The largest absolute Gasteiger partial charge is 0.480 e. The Hall–Kier alpha value is -9.56. The van der Waals surface area contributed by atoms with Gasteiger partial charge in [0.2, 0.25) is 17.6 Å². The number of hydrogen-bond acceptors (Lipinski definition) is 10. The fourth-order valence-electron chi connectivity index (χ4n) is 7.70. The molecule has 5 aromatic heterocycles. The van der Waals surface area contributed by atoms with Gasteiger partial charge < -0.3 is 14.2 Å². The van der Waals surface area contributed by atoms with Gasteiger partial charge in [-0.05, 0) is 99.5 Å². The number of nitriles is 1. The van der Waals surface area contributed by atoms with Crippen molar-refractivity contribution in [1.29, 1.82) is 5.26 Å². The third-order valence-electron chi connectivity index (χ3n) is 11.1. The molecule has 0 unspecified atom stereocenters. The van der Waals surface area contributed by atoms with Gasteiger partial charge in [0.25, 0.3) is 0 Å². The fraction of sp³-hybridized carbons (Fsp3) is 0.0727. The summed E-state index contributed by atoms with van der Waals surface area (Å²) in [7, 11) is 4.19. The van der Waals surface area contributed by atoms with Gasteiger partial charge in [-0.15, -0.1) is 0 Å². The summed E-state index contributed by atoms with van der Waals surface area (Å²) < 4.78 is 75.6. The van der Waals surface area contributed by atoms with Gasteiger partial charge in [0.15, 0.2) is 17.0 Å². The van der Waals surface area contributed by atoms with E-state index in [0.717, 1.165) is 6.07 Å². The van der Waals surface area contributed by atoms with Crippen molar-refractivity contribution in [2.24, 2.45) is 0 Å². The molecule has 0 spiro atoms. The van der Waals surface area contributed by atoms with E-state index in [0.29, 0.717) is 67.5 Å². The van der Waals surface area contributed by atoms with Gasteiger partial charge in [0.1, 0.15) is 46.8 Å². The predicted molar refractivity (Wildman–Crippen MR) is 265 cm³/mol. The number of hydrogen-bond donors (Lipinski definition) is 0. The lowest BCUT2D eigenvalue weighted by atomic mass is 9.98. The average molecular weight is 980 g/mol. The Labute approximate surface area is 414 Å². The topological polar surface area (TPSA) is 138 Å². The number of ether oxygens (including phenoxy) is 3. The van der Waals surface area contributed by atoms with Crippen LogP contribution in [0.25, 0.3) is 77.2 Å². The highest BCUT2D eigenvalue weighted by atomic mass is 35.5. The van der Waals surface area contributed by atoms with Crippen LogP contribution in [0.15, 0.2) is 134 Å². The van der Waals surface area contributed by atoms with E-state index in [9.17, 15) is 18.4 Å². The third kappa shape index (κ3) is 9.82. The van der Waals surface area contributed by atoms with E-state index in [1.165, 1.54) is 82.1 Å². The van der Waals surface area contributed by atoms with Gasteiger partial charge in [0.05, 0.1) is 55.1 Å². The van der Waals surface area contributed by atoms with Crippen LogP contribution in [0.5, 0.6) is 17.6 Å². The molecule has 12 nitrogen and oxygen atoms in total. The minimum Gasteiger partial charge on any atom is -0.480 e. The fourth-order valence-corrected chi connectivity index (χ4v) is 8.00. The van der Waals surface area contributed by atoms with Gasteiger partial charge in [-0.2, -0.15) is 5.26 Å². The molecular weight excluding hydrogens is 946 g/mol. The summed E-state index contributed by atoms with van der Waals surface area (Å²) in [4.78, 5) is 36.1. The predicted octanol–water partition coefficient (Wildman–Crippen LogP) is 13.5. The van der Waals surface area contributed by atoms with Gasteiger partial charge in [-0.25, -0.2) is 47.5 Å². The summed E-state index contributed by atoms with van der Waals surface area (Å²) in [5.41, 5.74) is 6.01. The lowest BCUT2D eigenvalue weighted by Crippen LogP contribution is -2.00. The van der Waals surface area contributed by atoms with E-state index in [1.54, 1.807) is 73.9 Å². The van der Waals surface area contributed by atoms with Crippen molar-refractivity contribution >= 4 is 23.0 Å². The Morgan fingerprint density at radius 1 is 0.542 bits per heavy atom. The SMILES string of the molecule is COc1nc(-c2ncccn2)cc(-c2ccc(F)cc2)c1C#[N+]c1cc(F)c(-c2cc(-c3ccc(F)cc3)c(C#[N+]c3cnc(-c4cc(-c5ccc(F)cc5)c(C#N)c(OC)n4)c(C)c3)c(OC)n2)c(Cl)c1. The van der Waals surface area contributed by atoms with Gasteiger partial charge >= 0.3 is 23.5 Å². The molecular formula is C55H34ClF4N9O3+2. The van der Waals surface area contributed by atoms with E-state index >= 15 is 4.39 Å². The first kappa shape index (κ1) is 47.5. The van der Waals surface area contributed by atoms with Crippen LogP contribution in [0.4, 0.5) is 28.9 Å². The maximum Gasteiger partial charge on any atom is 0.359 e. The second-order valence-corrected chi connectivity index (χ2v) is 16.0. The molecule has 350 valence electrons. The summed E-state index contributed by atoms with van der Waals surface area (Å²) in [6.07, 6.45) is 4.63. The van der Waals surface area contributed by atoms with E-state index in [2.05, 4.69) is 57.8 Å². The molecule has 0 N–H and O–H groups in total. The molecule has 0 saturated heterocycles. The van der Waals surface area contributed by atoms with E-state index in [4.69, 9.17) is 25.8 Å². The normalized spacial score (nSPS) is 10.6. The molecule has 9 aromatic rings. The van der Waals surface area contributed by atoms with E-state index < -0.39 is 23.3 Å². The molecule has 0 bridgehead atoms. The molecule has 4 aromatic carbocycles. The Balaban J connectivity index is 1.09. The molecule has 0 saturated carbocycles. The van der Waals surface area contributed by atoms with Crippen LogP contribution in [0.3, 0.4) is 0 Å². The number of rotatable bonds is 9. The molecule has 0 aliphatic rings. The second kappa shape index (κ2) is 20.6. The van der Waals surface area contributed by atoms with E-state index in [-0.39, 0.29) is 56.3 Å². The third-order valence-corrected chi connectivity index (χ3v) is 11.4. The number of methoxy groups -OCH3 is 3. The Bertz CT molecular complexity index is 3720. The first-order valence-electron chi connectivity index (χ1n) is 21.6. The highest BCUT2D eigenvalue weighted by Crippen LogP contribution is 2.41. The van der Waals surface area contributed by atoms with Gasteiger partial charge in [0, 0.05) is 41.2 Å². The van der Waals surface area contributed by atoms with Gasteiger partial charge in [-0.1, -0.05) is 48.0 Å². The number of nitrogens with zero attached hydrogens (tertiary/aromatic N) is 9. The van der Waals surface area contributed by atoms with Crippen LogP contribution >= 0.6 is 11.6 Å². The summed E-state index contributed by atoms with van der Waals surface area (Å²) in [5.74, 6) is -1.68. The first-order valence-corrected chi connectivity index (χ1v) is 21.9. The molecule has 5 heterocycles. The number of pyridine rings is 4. The van der Waals surface area contributed by atoms with Crippen LogP contribution in [-0.2, 0) is 0 Å². The van der Waals surface area contributed by atoms with Crippen molar-refractivity contribution in [2.75, 3.05) is 21.3 Å². The summed E-state index contributed by atoms with van der Waals surface area (Å²) >= 11 is 6.86. The summed E-state index contributed by atoms with van der Waals surface area (Å²) in [5, 5.41) is 9.92. The summed E-state index contributed by atoms with van der Waals surface area (Å²) in [6, 6.07) is 36.1. The first-order chi connectivity index (χ1) is 34.9. The molecule has 0 aliphatic carbocycles. The summed E-state index contributed by atoms with van der Waals surface area (Å²) in [6.45, 7) is 1.80. The van der Waals surface area contributed by atoms with Crippen molar-refractivity contribution in [3.05, 3.63) is 194 Å². The zero-order valence-electron chi connectivity index (χ0n) is 38.3. The molecule has 9 rings (SSSR count). The molecule has 0 fully saturated rings. The number of aryl methyl sites for hydroxylation is 1. The minimum absolute atomic E-state index is 0.0118. The lowest BCUT2D eigenvalue weighted by Gasteiger charge is -2.12. The van der Waals surface area contributed by atoms with Crippen molar-refractivity contribution < 1.29 is 31.8 Å². The van der Waals surface area contributed by atoms with Crippen LogP contribution in [0.2, 0.25) is 5.02 Å². The monoisotopic (exact) mass is 979 g/mol. The molecule has 0 aliphatic heterocycles. The van der Waals surface area contributed by atoms with Crippen molar-refractivity contribution in [3.8, 4) is 103 Å². The maximum atomic E-state index is 16.5. The Morgan fingerprint density at radius 3 is 1.50 bits per heavy atom. The van der Waals surface area contributed by atoms with Crippen LogP contribution in [-0.4, -0.2) is 51.2 Å². The molecule has 0 radical (unpaired) electrons. The second-order valence-electron chi connectivity index (χ2n) is 15.6.